The normalized spacial score (nSPS) is 14.4. The van der Waals surface area contributed by atoms with Crippen molar-refractivity contribution in [2.24, 2.45) is 0 Å². The minimum Gasteiger partial charge on any atom is -0.310 e. The second-order valence-corrected chi connectivity index (χ2v) is 14.6. The molecule has 9 rings (SSSR count). The van der Waals surface area contributed by atoms with E-state index in [4.69, 9.17) is 0 Å². The van der Waals surface area contributed by atoms with Crippen LogP contribution in [0.2, 0.25) is 0 Å². The van der Waals surface area contributed by atoms with Gasteiger partial charge in [0.25, 0.3) is 0 Å². The summed E-state index contributed by atoms with van der Waals surface area (Å²) in [6.07, 6.45) is 0. The summed E-state index contributed by atoms with van der Waals surface area (Å²) in [6, 6.07) is 60.2. The number of benzene rings is 7. The molecule has 7 aromatic carbocycles. The highest BCUT2D eigenvalue weighted by molar-refractivity contribution is 6.04. The van der Waals surface area contributed by atoms with Gasteiger partial charge < -0.3 is 4.90 Å². The van der Waals surface area contributed by atoms with Gasteiger partial charge >= 0.3 is 0 Å². The monoisotopic (exact) mass is 629 g/mol. The number of para-hydroxylation sites is 1. The van der Waals surface area contributed by atoms with Gasteiger partial charge in [0.2, 0.25) is 0 Å². The van der Waals surface area contributed by atoms with E-state index in [9.17, 15) is 0 Å². The lowest BCUT2D eigenvalue weighted by Gasteiger charge is -2.27. The van der Waals surface area contributed by atoms with Crippen LogP contribution in [0.4, 0.5) is 17.1 Å². The fourth-order valence-corrected chi connectivity index (χ4v) is 8.54. The first kappa shape index (κ1) is 29.5. The van der Waals surface area contributed by atoms with Gasteiger partial charge in [-0.25, -0.2) is 0 Å². The van der Waals surface area contributed by atoms with Gasteiger partial charge in [0.05, 0.1) is 0 Å². The van der Waals surface area contributed by atoms with Crippen LogP contribution in [0.15, 0.2) is 164 Å². The van der Waals surface area contributed by atoms with Crippen LogP contribution in [0.25, 0.3) is 44.5 Å². The van der Waals surface area contributed by atoms with Gasteiger partial charge in [0.15, 0.2) is 0 Å². The molecule has 0 saturated carbocycles. The Labute approximate surface area is 290 Å². The maximum absolute atomic E-state index is 2.55. The highest BCUT2D eigenvalue weighted by Gasteiger charge is 2.44. The second kappa shape index (κ2) is 10.9. The molecule has 0 aliphatic heterocycles. The van der Waals surface area contributed by atoms with E-state index in [-0.39, 0.29) is 10.8 Å². The number of fused-ring (bicyclic) bond motifs is 6. The summed E-state index contributed by atoms with van der Waals surface area (Å²) < 4.78 is 0. The van der Waals surface area contributed by atoms with Crippen LogP contribution in [-0.2, 0) is 10.8 Å². The molecule has 0 amide bonds. The molecule has 2 aliphatic rings. The van der Waals surface area contributed by atoms with E-state index in [1.165, 1.54) is 66.8 Å². The summed E-state index contributed by atoms with van der Waals surface area (Å²) in [5, 5.41) is 0. The molecule has 1 nitrogen and oxygen atoms in total. The molecule has 236 valence electrons. The summed E-state index contributed by atoms with van der Waals surface area (Å²) >= 11 is 0. The lowest BCUT2D eigenvalue weighted by molar-refractivity contribution is 0.639. The number of hydrogen-bond donors (Lipinski definition) is 0. The van der Waals surface area contributed by atoms with Gasteiger partial charge in [-0.1, -0.05) is 155 Å². The molecule has 0 atom stereocenters. The molecular weight excluding hydrogens is 591 g/mol. The first-order valence-corrected chi connectivity index (χ1v) is 17.4. The van der Waals surface area contributed by atoms with Gasteiger partial charge in [0, 0.05) is 27.9 Å². The van der Waals surface area contributed by atoms with Gasteiger partial charge in [0.1, 0.15) is 0 Å². The predicted molar refractivity (Wildman–Crippen MR) is 207 cm³/mol. The third-order valence-electron chi connectivity index (χ3n) is 11.1. The van der Waals surface area contributed by atoms with Crippen molar-refractivity contribution < 1.29 is 0 Å². The zero-order chi connectivity index (χ0) is 33.3. The van der Waals surface area contributed by atoms with Gasteiger partial charge in [-0.3, -0.25) is 0 Å². The molecule has 0 saturated heterocycles. The average molecular weight is 630 g/mol. The van der Waals surface area contributed by atoms with Crippen molar-refractivity contribution >= 4 is 17.1 Å². The quantitative estimate of drug-likeness (QED) is 0.183. The van der Waals surface area contributed by atoms with Crippen LogP contribution >= 0.6 is 0 Å². The Morgan fingerprint density at radius 3 is 1.45 bits per heavy atom. The molecular formula is C48H39N. The summed E-state index contributed by atoms with van der Waals surface area (Å²) in [5.41, 5.74) is 19.3. The average Bonchev–Trinajstić information content (AvgIpc) is 3.51. The van der Waals surface area contributed by atoms with E-state index >= 15 is 0 Å². The van der Waals surface area contributed by atoms with Crippen molar-refractivity contribution in [3.05, 3.63) is 186 Å². The standard InChI is InChI=1S/C48H39N/c1-47(2)40-23-15-14-22-38(40)45-42(47)31-43-46(44(45)34-18-10-6-11-19-34)39-30-37(28-29-41(39)48(43,3)4)49(35-20-12-7-13-21-35)36-26-24-33(25-27-36)32-16-8-5-9-17-32/h5-31H,1-4H3. The van der Waals surface area contributed by atoms with Crippen molar-refractivity contribution in [1.82, 2.24) is 0 Å². The van der Waals surface area contributed by atoms with E-state index in [2.05, 4.69) is 196 Å². The zero-order valence-corrected chi connectivity index (χ0v) is 28.5. The van der Waals surface area contributed by atoms with Crippen molar-refractivity contribution in [3.63, 3.8) is 0 Å². The van der Waals surface area contributed by atoms with Crippen molar-refractivity contribution in [1.29, 1.82) is 0 Å². The maximum atomic E-state index is 2.55. The van der Waals surface area contributed by atoms with Gasteiger partial charge in [-0.2, -0.15) is 0 Å². The van der Waals surface area contributed by atoms with Crippen LogP contribution in [0.3, 0.4) is 0 Å². The molecule has 0 aromatic heterocycles. The Kier molecular flexibility index (Phi) is 6.58. The minimum absolute atomic E-state index is 0.0868. The molecule has 7 aromatic rings. The SMILES string of the molecule is CC1(C)c2ccccc2-c2c1cc1c(c2-c2ccccc2)-c2cc(N(c3ccccc3)c3ccc(-c4ccccc4)cc3)ccc2C1(C)C. The lowest BCUT2D eigenvalue weighted by Crippen LogP contribution is -2.19. The zero-order valence-electron chi connectivity index (χ0n) is 28.5. The van der Waals surface area contributed by atoms with E-state index < -0.39 is 0 Å². The molecule has 49 heavy (non-hydrogen) atoms. The van der Waals surface area contributed by atoms with Crippen LogP contribution < -0.4 is 4.90 Å². The summed E-state index contributed by atoms with van der Waals surface area (Å²) in [4.78, 5) is 2.40. The van der Waals surface area contributed by atoms with Crippen LogP contribution in [0.5, 0.6) is 0 Å². The third kappa shape index (κ3) is 4.46. The van der Waals surface area contributed by atoms with Gasteiger partial charge in [-0.15, -0.1) is 0 Å². The highest BCUT2D eigenvalue weighted by Crippen LogP contribution is 2.61. The summed E-state index contributed by atoms with van der Waals surface area (Å²) in [7, 11) is 0. The van der Waals surface area contributed by atoms with Crippen LogP contribution in [0.1, 0.15) is 49.9 Å². The number of nitrogens with zero attached hydrogens (tertiary/aromatic N) is 1. The van der Waals surface area contributed by atoms with Crippen molar-refractivity contribution in [2.75, 3.05) is 4.90 Å². The van der Waals surface area contributed by atoms with E-state index in [1.807, 2.05) is 0 Å². The largest absolute Gasteiger partial charge is 0.310 e. The topological polar surface area (TPSA) is 3.24 Å². The lowest BCUT2D eigenvalue weighted by atomic mass is 9.76. The van der Waals surface area contributed by atoms with E-state index in [1.54, 1.807) is 0 Å². The smallest absolute Gasteiger partial charge is 0.0468 e. The minimum atomic E-state index is -0.151. The molecule has 0 radical (unpaired) electrons. The summed E-state index contributed by atoms with van der Waals surface area (Å²) in [6.45, 7) is 9.61. The Hall–Kier alpha value is -5.66. The van der Waals surface area contributed by atoms with Crippen LogP contribution in [-0.4, -0.2) is 0 Å². The molecule has 0 fully saturated rings. The van der Waals surface area contributed by atoms with Crippen molar-refractivity contribution in [3.8, 4) is 44.5 Å². The Balaban J connectivity index is 1.29. The van der Waals surface area contributed by atoms with E-state index in [0.717, 1.165) is 17.1 Å². The molecule has 2 aliphatic carbocycles. The molecule has 0 bridgehead atoms. The molecule has 1 heteroatoms. The van der Waals surface area contributed by atoms with E-state index in [0.29, 0.717) is 0 Å². The van der Waals surface area contributed by atoms with Crippen LogP contribution in [0, 0.1) is 0 Å². The van der Waals surface area contributed by atoms with Crippen molar-refractivity contribution in [2.45, 2.75) is 38.5 Å². The molecule has 0 N–H and O–H groups in total. The number of anilines is 3. The second-order valence-electron chi connectivity index (χ2n) is 14.6. The Bertz CT molecular complexity index is 2350. The Morgan fingerprint density at radius 2 is 0.796 bits per heavy atom. The Morgan fingerprint density at radius 1 is 0.327 bits per heavy atom. The highest BCUT2D eigenvalue weighted by atomic mass is 15.1. The molecule has 0 spiro atoms. The molecule has 0 heterocycles. The fraction of sp³-hybridized carbons (Fsp3) is 0.125. The first-order chi connectivity index (χ1) is 23.8. The molecule has 0 unspecified atom stereocenters. The fourth-order valence-electron chi connectivity index (χ4n) is 8.54. The predicted octanol–water partition coefficient (Wildman–Crippen LogP) is 13.1. The number of rotatable bonds is 5. The van der Waals surface area contributed by atoms with Gasteiger partial charge in [-0.05, 0) is 103 Å². The number of hydrogen-bond acceptors (Lipinski definition) is 1. The first-order valence-electron chi connectivity index (χ1n) is 17.4. The summed E-state index contributed by atoms with van der Waals surface area (Å²) in [5.74, 6) is 0. The third-order valence-corrected chi connectivity index (χ3v) is 11.1. The maximum Gasteiger partial charge on any atom is 0.0468 e.